The average Bonchev–Trinajstić information content (AvgIpc) is 2.93. The van der Waals surface area contributed by atoms with Crippen molar-refractivity contribution < 1.29 is 0 Å². The molecule has 0 unspecified atom stereocenters. The molecule has 0 bridgehead atoms. The Morgan fingerprint density at radius 1 is 1.18 bits per heavy atom. The Morgan fingerprint density at radius 2 is 1.95 bits per heavy atom. The van der Waals surface area contributed by atoms with E-state index >= 15 is 0 Å². The molecule has 6 heteroatoms. The van der Waals surface area contributed by atoms with Gasteiger partial charge in [0.1, 0.15) is 17.3 Å². The van der Waals surface area contributed by atoms with Crippen LogP contribution in [0, 0.1) is 0 Å². The second-order valence-electron chi connectivity index (χ2n) is 4.91. The van der Waals surface area contributed by atoms with Gasteiger partial charge in [-0.1, -0.05) is 35.9 Å². The van der Waals surface area contributed by atoms with E-state index < -0.39 is 0 Å². The van der Waals surface area contributed by atoms with Crippen LogP contribution in [0.1, 0.15) is 6.92 Å². The number of aryl methyl sites for hydroxylation is 1. The molecule has 0 aliphatic rings. The molecule has 1 N–H and O–H groups in total. The Balaban J connectivity index is 2.15. The maximum absolute atomic E-state index is 6.16. The van der Waals surface area contributed by atoms with Crippen molar-refractivity contribution in [2.45, 2.75) is 6.92 Å². The number of rotatable bonds is 4. The van der Waals surface area contributed by atoms with Crippen LogP contribution in [0.5, 0.6) is 0 Å². The summed E-state index contributed by atoms with van der Waals surface area (Å²) < 4.78 is 1.90. The van der Waals surface area contributed by atoms with E-state index in [-0.39, 0.29) is 0 Å². The lowest BCUT2D eigenvalue weighted by atomic mass is 10.00. The molecule has 0 spiro atoms. The highest BCUT2D eigenvalue weighted by atomic mass is 35.5. The van der Waals surface area contributed by atoms with E-state index in [0.717, 1.165) is 34.9 Å². The number of hydrogen-bond acceptors (Lipinski definition) is 4. The molecular formula is C16H16ClN5. The maximum Gasteiger partial charge on any atom is 0.164 e. The molecule has 0 aliphatic heterocycles. The molecule has 0 amide bonds. The quantitative estimate of drug-likeness (QED) is 0.747. The summed E-state index contributed by atoms with van der Waals surface area (Å²) in [4.78, 5) is 4.28. The van der Waals surface area contributed by atoms with Crippen LogP contribution in [-0.2, 0) is 7.05 Å². The number of aromatic nitrogens is 4. The lowest BCUT2D eigenvalue weighted by Crippen LogP contribution is -2.00. The summed E-state index contributed by atoms with van der Waals surface area (Å²) in [5.41, 5.74) is 3.05. The Morgan fingerprint density at radius 3 is 2.64 bits per heavy atom. The van der Waals surface area contributed by atoms with E-state index in [4.69, 9.17) is 11.6 Å². The summed E-state index contributed by atoms with van der Waals surface area (Å²) in [6.07, 6.45) is 1.69. The molecule has 0 aliphatic carbocycles. The van der Waals surface area contributed by atoms with Crippen molar-refractivity contribution in [2.24, 2.45) is 7.05 Å². The zero-order valence-corrected chi connectivity index (χ0v) is 13.2. The van der Waals surface area contributed by atoms with E-state index in [1.807, 2.05) is 54.9 Å². The standard InChI is InChI=1S/C16H16ClN5/c1-3-18-15-9-11(8-14(17)20-15)12-6-4-5-7-13(12)16-21-19-10-22(16)2/h4-10H,3H2,1-2H3,(H,18,20). The molecule has 22 heavy (non-hydrogen) atoms. The van der Waals surface area contributed by atoms with E-state index in [1.165, 1.54) is 0 Å². The summed E-state index contributed by atoms with van der Waals surface area (Å²) in [6.45, 7) is 2.81. The Bertz CT molecular complexity index is 797. The van der Waals surface area contributed by atoms with E-state index in [2.05, 4.69) is 20.5 Å². The van der Waals surface area contributed by atoms with Gasteiger partial charge >= 0.3 is 0 Å². The Kier molecular flexibility index (Phi) is 4.06. The van der Waals surface area contributed by atoms with Gasteiger partial charge in [0, 0.05) is 19.2 Å². The first kappa shape index (κ1) is 14.5. The fourth-order valence-corrected chi connectivity index (χ4v) is 2.59. The number of anilines is 1. The summed E-state index contributed by atoms with van der Waals surface area (Å²) >= 11 is 6.16. The van der Waals surface area contributed by atoms with Crippen LogP contribution in [0.15, 0.2) is 42.7 Å². The summed E-state index contributed by atoms with van der Waals surface area (Å²) in [7, 11) is 1.93. The number of hydrogen-bond donors (Lipinski definition) is 1. The van der Waals surface area contributed by atoms with Gasteiger partial charge in [-0.15, -0.1) is 10.2 Å². The van der Waals surface area contributed by atoms with Crippen molar-refractivity contribution in [3.8, 4) is 22.5 Å². The first-order chi connectivity index (χ1) is 10.7. The zero-order valence-electron chi connectivity index (χ0n) is 12.4. The first-order valence-corrected chi connectivity index (χ1v) is 7.42. The predicted octanol–water partition coefficient (Wildman–Crippen LogP) is 3.63. The molecule has 2 heterocycles. The highest BCUT2D eigenvalue weighted by molar-refractivity contribution is 6.29. The van der Waals surface area contributed by atoms with Crippen LogP contribution >= 0.6 is 11.6 Å². The van der Waals surface area contributed by atoms with Crippen molar-refractivity contribution in [1.82, 2.24) is 19.7 Å². The van der Waals surface area contributed by atoms with Crippen LogP contribution in [0.25, 0.3) is 22.5 Å². The Labute approximate surface area is 134 Å². The third-order valence-corrected chi connectivity index (χ3v) is 3.54. The molecule has 0 saturated carbocycles. The van der Waals surface area contributed by atoms with Crippen molar-refractivity contribution in [1.29, 1.82) is 0 Å². The summed E-state index contributed by atoms with van der Waals surface area (Å²) in [5.74, 6) is 1.58. The van der Waals surface area contributed by atoms with Gasteiger partial charge < -0.3 is 9.88 Å². The first-order valence-electron chi connectivity index (χ1n) is 7.04. The number of nitrogens with one attached hydrogen (secondary N) is 1. The Hall–Kier alpha value is -2.40. The van der Waals surface area contributed by atoms with Crippen molar-refractivity contribution in [3.05, 3.63) is 47.9 Å². The highest BCUT2D eigenvalue weighted by Gasteiger charge is 2.12. The topological polar surface area (TPSA) is 55.6 Å². The van der Waals surface area contributed by atoms with Crippen molar-refractivity contribution in [3.63, 3.8) is 0 Å². The van der Waals surface area contributed by atoms with Gasteiger partial charge in [0.25, 0.3) is 0 Å². The normalized spacial score (nSPS) is 10.7. The molecule has 5 nitrogen and oxygen atoms in total. The second-order valence-corrected chi connectivity index (χ2v) is 5.29. The monoisotopic (exact) mass is 313 g/mol. The van der Waals surface area contributed by atoms with Crippen LogP contribution in [0.3, 0.4) is 0 Å². The number of pyridine rings is 1. The molecular weight excluding hydrogens is 298 g/mol. The van der Waals surface area contributed by atoms with E-state index in [1.54, 1.807) is 6.33 Å². The van der Waals surface area contributed by atoms with Crippen molar-refractivity contribution >= 4 is 17.4 Å². The van der Waals surface area contributed by atoms with E-state index in [9.17, 15) is 0 Å². The van der Waals surface area contributed by atoms with Gasteiger partial charge in [-0.2, -0.15) is 0 Å². The smallest absolute Gasteiger partial charge is 0.164 e. The minimum atomic E-state index is 0.459. The fourth-order valence-electron chi connectivity index (χ4n) is 2.38. The summed E-state index contributed by atoms with van der Waals surface area (Å²) in [6, 6.07) is 11.9. The third-order valence-electron chi connectivity index (χ3n) is 3.34. The minimum absolute atomic E-state index is 0.459. The molecule has 112 valence electrons. The highest BCUT2D eigenvalue weighted by Crippen LogP contribution is 2.32. The van der Waals surface area contributed by atoms with Crippen LogP contribution in [0.4, 0.5) is 5.82 Å². The molecule has 3 rings (SSSR count). The van der Waals surface area contributed by atoms with Crippen molar-refractivity contribution in [2.75, 3.05) is 11.9 Å². The second kappa shape index (κ2) is 6.15. The largest absolute Gasteiger partial charge is 0.370 e. The van der Waals surface area contributed by atoms with Crippen LogP contribution in [-0.4, -0.2) is 26.3 Å². The molecule has 0 fully saturated rings. The van der Waals surface area contributed by atoms with Crippen LogP contribution < -0.4 is 5.32 Å². The number of nitrogens with zero attached hydrogens (tertiary/aromatic N) is 4. The average molecular weight is 314 g/mol. The van der Waals surface area contributed by atoms with Gasteiger partial charge in [-0.05, 0) is 30.2 Å². The number of halogens is 1. The lowest BCUT2D eigenvalue weighted by Gasteiger charge is -2.11. The zero-order chi connectivity index (χ0) is 15.5. The van der Waals surface area contributed by atoms with Gasteiger partial charge in [0.05, 0.1) is 0 Å². The van der Waals surface area contributed by atoms with Crippen LogP contribution in [0.2, 0.25) is 5.15 Å². The predicted molar refractivity (Wildman–Crippen MR) is 88.8 cm³/mol. The fraction of sp³-hybridized carbons (Fsp3) is 0.188. The molecule has 1 aromatic carbocycles. The third kappa shape index (κ3) is 2.80. The number of benzene rings is 1. The van der Waals surface area contributed by atoms with Gasteiger partial charge in [-0.3, -0.25) is 0 Å². The molecule has 0 atom stereocenters. The summed E-state index contributed by atoms with van der Waals surface area (Å²) in [5, 5.41) is 11.8. The minimum Gasteiger partial charge on any atom is -0.370 e. The van der Waals surface area contributed by atoms with Gasteiger partial charge in [-0.25, -0.2) is 4.98 Å². The molecule has 0 saturated heterocycles. The SMILES string of the molecule is CCNc1cc(-c2ccccc2-c2nncn2C)cc(Cl)n1. The lowest BCUT2D eigenvalue weighted by molar-refractivity contribution is 0.920. The molecule has 3 aromatic rings. The maximum atomic E-state index is 6.16. The van der Waals surface area contributed by atoms with Gasteiger partial charge in [0.15, 0.2) is 5.82 Å². The van der Waals surface area contributed by atoms with Gasteiger partial charge in [0.2, 0.25) is 0 Å². The van der Waals surface area contributed by atoms with E-state index in [0.29, 0.717) is 5.15 Å². The molecule has 0 radical (unpaired) electrons. The molecule has 2 aromatic heterocycles.